The van der Waals surface area contributed by atoms with Crippen molar-refractivity contribution in [3.05, 3.63) is 12.7 Å². The Kier molecular flexibility index (Phi) is 3.09. The fraction of sp³-hybridized carbons (Fsp3) is 0.667. The third kappa shape index (κ3) is 2.28. The maximum atomic E-state index is 11.2. The van der Waals surface area contributed by atoms with Gasteiger partial charge in [-0.05, 0) is 30.6 Å². The summed E-state index contributed by atoms with van der Waals surface area (Å²) in [5.41, 5.74) is 0.000915. The second-order valence-corrected chi connectivity index (χ2v) is 5.06. The molecule has 0 spiro atoms. The van der Waals surface area contributed by atoms with E-state index in [1.165, 1.54) is 6.08 Å². The van der Waals surface area contributed by atoms with Crippen LogP contribution in [0.4, 0.5) is 4.79 Å². The summed E-state index contributed by atoms with van der Waals surface area (Å²) in [6, 6.07) is 0. The molecule has 1 unspecified atom stereocenters. The number of hydrogen-bond donors (Lipinski definition) is 2. The van der Waals surface area contributed by atoms with Crippen molar-refractivity contribution in [3.8, 4) is 0 Å². The lowest BCUT2D eigenvalue weighted by Gasteiger charge is -2.38. The van der Waals surface area contributed by atoms with Crippen molar-refractivity contribution >= 4 is 12.1 Å². The predicted molar refractivity (Wildman–Crippen MR) is 60.4 cm³/mol. The summed E-state index contributed by atoms with van der Waals surface area (Å²) in [5, 5.41) is 11.7. The van der Waals surface area contributed by atoms with Gasteiger partial charge in [-0.15, -0.1) is 0 Å². The summed E-state index contributed by atoms with van der Waals surface area (Å²) in [7, 11) is 0. The first-order valence-electron chi connectivity index (χ1n) is 5.81. The van der Waals surface area contributed by atoms with Crippen LogP contribution in [0.1, 0.15) is 19.3 Å². The SMILES string of the molecule is C=CCOC(=O)NCC12CC(C1)C(C(=O)O)C2. The Balaban J connectivity index is 1.76. The molecule has 3 saturated carbocycles. The van der Waals surface area contributed by atoms with Crippen LogP contribution >= 0.6 is 0 Å². The Labute approximate surface area is 99.8 Å². The van der Waals surface area contributed by atoms with Gasteiger partial charge in [0.25, 0.3) is 0 Å². The van der Waals surface area contributed by atoms with Crippen molar-refractivity contribution in [2.75, 3.05) is 13.2 Å². The van der Waals surface area contributed by atoms with Gasteiger partial charge in [0.05, 0.1) is 5.92 Å². The van der Waals surface area contributed by atoms with Gasteiger partial charge in [-0.1, -0.05) is 12.7 Å². The van der Waals surface area contributed by atoms with Gasteiger partial charge >= 0.3 is 12.1 Å². The minimum absolute atomic E-state index is 0.000915. The van der Waals surface area contributed by atoms with E-state index in [4.69, 9.17) is 9.84 Å². The number of carboxylic acid groups (broad SMARTS) is 1. The van der Waals surface area contributed by atoms with Gasteiger partial charge in [-0.25, -0.2) is 4.79 Å². The fourth-order valence-electron chi connectivity index (χ4n) is 3.09. The first kappa shape index (κ1) is 12.0. The van der Waals surface area contributed by atoms with Gasteiger partial charge in [0, 0.05) is 6.54 Å². The van der Waals surface area contributed by atoms with Gasteiger partial charge in [0.1, 0.15) is 6.61 Å². The number of carbonyl (C=O) groups is 2. The van der Waals surface area contributed by atoms with E-state index in [-0.39, 0.29) is 17.9 Å². The van der Waals surface area contributed by atoms with E-state index in [9.17, 15) is 9.59 Å². The molecule has 0 radical (unpaired) electrons. The lowest BCUT2D eigenvalue weighted by molar-refractivity contribution is -0.142. The van der Waals surface area contributed by atoms with Crippen LogP contribution in [0.15, 0.2) is 12.7 Å². The first-order valence-corrected chi connectivity index (χ1v) is 5.81. The molecule has 2 N–H and O–H groups in total. The number of carboxylic acids is 1. The van der Waals surface area contributed by atoms with E-state index < -0.39 is 12.1 Å². The van der Waals surface area contributed by atoms with Crippen LogP contribution in [0.3, 0.4) is 0 Å². The fourth-order valence-corrected chi connectivity index (χ4v) is 3.09. The number of carbonyl (C=O) groups excluding carboxylic acids is 1. The van der Waals surface area contributed by atoms with E-state index in [0.717, 1.165) is 12.8 Å². The van der Waals surface area contributed by atoms with Crippen LogP contribution < -0.4 is 5.32 Å². The van der Waals surface area contributed by atoms with E-state index in [0.29, 0.717) is 18.9 Å². The van der Waals surface area contributed by atoms with Crippen molar-refractivity contribution in [1.29, 1.82) is 0 Å². The highest BCUT2D eigenvalue weighted by molar-refractivity contribution is 5.72. The Morgan fingerprint density at radius 1 is 1.47 bits per heavy atom. The molecule has 5 heteroatoms. The van der Waals surface area contributed by atoms with E-state index in [1.54, 1.807) is 0 Å². The Morgan fingerprint density at radius 3 is 2.71 bits per heavy atom. The zero-order valence-electron chi connectivity index (χ0n) is 9.65. The molecule has 94 valence electrons. The topological polar surface area (TPSA) is 75.6 Å². The molecule has 1 atom stereocenters. The molecule has 0 aromatic rings. The smallest absolute Gasteiger partial charge is 0.407 e. The summed E-state index contributed by atoms with van der Waals surface area (Å²) >= 11 is 0. The predicted octanol–water partition coefficient (Wildman–Crippen LogP) is 1.40. The van der Waals surface area contributed by atoms with Gasteiger partial charge in [-0.3, -0.25) is 4.79 Å². The minimum Gasteiger partial charge on any atom is -0.481 e. The molecule has 2 bridgehead atoms. The molecule has 0 saturated heterocycles. The third-order valence-electron chi connectivity index (χ3n) is 3.87. The summed E-state index contributed by atoms with van der Waals surface area (Å²) in [4.78, 5) is 22.2. The standard InChI is InChI=1S/C12H17NO4/c1-2-3-17-11(16)13-7-12-4-8(5-12)9(6-12)10(14)15/h2,8-9H,1,3-7H2,(H,13,16)(H,14,15). The molecule has 0 aromatic carbocycles. The third-order valence-corrected chi connectivity index (χ3v) is 3.87. The number of fused-ring (bicyclic) bond motifs is 1. The Bertz CT molecular complexity index is 346. The lowest BCUT2D eigenvalue weighted by atomic mass is 9.69. The molecule has 3 fully saturated rings. The quantitative estimate of drug-likeness (QED) is 0.711. The van der Waals surface area contributed by atoms with Crippen LogP contribution in [-0.2, 0) is 9.53 Å². The van der Waals surface area contributed by atoms with E-state index >= 15 is 0 Å². The average molecular weight is 239 g/mol. The molecular weight excluding hydrogens is 222 g/mol. The summed E-state index contributed by atoms with van der Waals surface area (Å²) < 4.78 is 4.80. The Hall–Kier alpha value is -1.52. The molecule has 17 heavy (non-hydrogen) atoms. The highest BCUT2D eigenvalue weighted by Gasteiger charge is 2.58. The van der Waals surface area contributed by atoms with E-state index in [2.05, 4.69) is 11.9 Å². The number of rotatable bonds is 5. The number of nitrogens with one attached hydrogen (secondary N) is 1. The van der Waals surface area contributed by atoms with Crippen LogP contribution in [0.25, 0.3) is 0 Å². The maximum Gasteiger partial charge on any atom is 0.407 e. The lowest BCUT2D eigenvalue weighted by Crippen LogP contribution is -2.41. The summed E-state index contributed by atoms with van der Waals surface area (Å²) in [6.45, 7) is 4.16. The zero-order valence-corrected chi connectivity index (χ0v) is 9.65. The molecular formula is C12H17NO4. The minimum atomic E-state index is -0.705. The van der Waals surface area contributed by atoms with Crippen molar-refractivity contribution < 1.29 is 19.4 Å². The second kappa shape index (κ2) is 4.39. The molecule has 0 aromatic heterocycles. The van der Waals surface area contributed by atoms with Crippen molar-refractivity contribution in [2.45, 2.75) is 19.3 Å². The van der Waals surface area contributed by atoms with Crippen molar-refractivity contribution in [2.24, 2.45) is 17.3 Å². The Morgan fingerprint density at radius 2 is 2.18 bits per heavy atom. The molecule has 3 aliphatic rings. The first-order chi connectivity index (χ1) is 8.06. The monoisotopic (exact) mass is 239 g/mol. The highest BCUT2D eigenvalue weighted by Crippen LogP contribution is 2.61. The van der Waals surface area contributed by atoms with Gasteiger partial charge in [0.2, 0.25) is 0 Å². The van der Waals surface area contributed by atoms with Gasteiger partial charge < -0.3 is 15.2 Å². The largest absolute Gasteiger partial charge is 0.481 e. The maximum absolute atomic E-state index is 11.2. The van der Waals surface area contributed by atoms with Crippen LogP contribution in [0, 0.1) is 17.3 Å². The molecule has 3 rings (SSSR count). The molecule has 0 aliphatic heterocycles. The summed E-state index contributed by atoms with van der Waals surface area (Å²) in [5.74, 6) is -0.622. The van der Waals surface area contributed by atoms with Crippen molar-refractivity contribution in [3.63, 3.8) is 0 Å². The zero-order chi connectivity index (χ0) is 12.5. The van der Waals surface area contributed by atoms with E-state index in [1.807, 2.05) is 0 Å². The number of amides is 1. The summed E-state index contributed by atoms with van der Waals surface area (Å²) in [6.07, 6.45) is 3.54. The molecule has 5 nitrogen and oxygen atoms in total. The number of alkyl carbamates (subject to hydrolysis) is 1. The number of aliphatic carboxylic acids is 1. The van der Waals surface area contributed by atoms with Crippen LogP contribution in [-0.4, -0.2) is 30.3 Å². The molecule has 1 amide bonds. The van der Waals surface area contributed by atoms with Gasteiger partial charge in [-0.2, -0.15) is 0 Å². The number of ether oxygens (including phenoxy) is 1. The highest BCUT2D eigenvalue weighted by atomic mass is 16.5. The molecule has 3 aliphatic carbocycles. The normalized spacial score (nSPS) is 33.6. The van der Waals surface area contributed by atoms with Crippen LogP contribution in [0.2, 0.25) is 0 Å². The second-order valence-electron chi connectivity index (χ2n) is 5.06. The molecule has 0 heterocycles. The number of hydrogen-bond acceptors (Lipinski definition) is 3. The van der Waals surface area contributed by atoms with Crippen molar-refractivity contribution in [1.82, 2.24) is 5.32 Å². The van der Waals surface area contributed by atoms with Gasteiger partial charge in [0.15, 0.2) is 0 Å². The van der Waals surface area contributed by atoms with Crippen LogP contribution in [0.5, 0.6) is 0 Å². The average Bonchev–Trinajstić information content (AvgIpc) is 2.78.